The van der Waals surface area contributed by atoms with Crippen molar-refractivity contribution in [3.05, 3.63) is 35.9 Å². The second-order valence-corrected chi connectivity index (χ2v) is 5.71. The standard InChI is InChI=1S/C16H19NO3/c1-20-12-7-9-16(10-8-12)14(18)13(15(19)17-16)11-5-3-2-4-6-11/h2-6,12-13H,7-10H2,1H3,(H,17,19). The fraction of sp³-hybridized carbons (Fsp3) is 0.500. The Balaban J connectivity index is 1.84. The molecule has 20 heavy (non-hydrogen) atoms. The van der Waals surface area contributed by atoms with Gasteiger partial charge in [0, 0.05) is 7.11 Å². The molecule has 2 aliphatic rings. The van der Waals surface area contributed by atoms with E-state index in [0.717, 1.165) is 18.4 Å². The van der Waals surface area contributed by atoms with Gasteiger partial charge in [-0.1, -0.05) is 30.3 Å². The number of methoxy groups -OCH3 is 1. The van der Waals surface area contributed by atoms with Gasteiger partial charge in [-0.15, -0.1) is 0 Å². The van der Waals surface area contributed by atoms with Gasteiger partial charge in [0.2, 0.25) is 5.91 Å². The molecule has 0 bridgehead atoms. The Labute approximate surface area is 118 Å². The van der Waals surface area contributed by atoms with Crippen LogP contribution in [0.1, 0.15) is 37.2 Å². The largest absolute Gasteiger partial charge is 0.381 e. The van der Waals surface area contributed by atoms with Gasteiger partial charge in [-0.05, 0) is 31.2 Å². The number of hydrogen-bond acceptors (Lipinski definition) is 3. The molecule has 1 heterocycles. The number of ether oxygens (including phenoxy) is 1. The number of amides is 1. The van der Waals surface area contributed by atoms with Crippen molar-refractivity contribution in [3.63, 3.8) is 0 Å². The smallest absolute Gasteiger partial charge is 0.235 e. The van der Waals surface area contributed by atoms with E-state index in [1.54, 1.807) is 7.11 Å². The van der Waals surface area contributed by atoms with Crippen LogP contribution in [0.25, 0.3) is 0 Å². The van der Waals surface area contributed by atoms with Gasteiger partial charge in [0.15, 0.2) is 5.78 Å². The minimum absolute atomic E-state index is 0.0308. The molecule has 1 unspecified atom stereocenters. The molecule has 1 spiro atoms. The Kier molecular flexibility index (Phi) is 3.34. The van der Waals surface area contributed by atoms with E-state index in [-0.39, 0.29) is 17.8 Å². The first kappa shape index (κ1) is 13.3. The molecule has 1 atom stereocenters. The lowest BCUT2D eigenvalue weighted by atomic mass is 9.76. The van der Waals surface area contributed by atoms with Gasteiger partial charge < -0.3 is 10.1 Å². The number of rotatable bonds is 2. The van der Waals surface area contributed by atoms with E-state index < -0.39 is 11.5 Å². The molecule has 0 aromatic heterocycles. The second kappa shape index (κ2) is 5.02. The lowest BCUT2D eigenvalue weighted by Crippen LogP contribution is -2.50. The first-order chi connectivity index (χ1) is 9.66. The monoisotopic (exact) mass is 273 g/mol. The highest BCUT2D eigenvalue weighted by Gasteiger charge is 2.53. The second-order valence-electron chi connectivity index (χ2n) is 5.71. The molecule has 1 amide bonds. The highest BCUT2D eigenvalue weighted by molar-refractivity contribution is 6.17. The zero-order chi connectivity index (χ0) is 14.2. The molecule has 2 fully saturated rings. The molecule has 1 aliphatic carbocycles. The van der Waals surface area contributed by atoms with Crippen LogP contribution in [0, 0.1) is 0 Å². The highest BCUT2D eigenvalue weighted by atomic mass is 16.5. The minimum Gasteiger partial charge on any atom is -0.381 e. The van der Waals surface area contributed by atoms with Gasteiger partial charge in [-0.2, -0.15) is 0 Å². The molecule has 4 nitrogen and oxygen atoms in total. The van der Waals surface area contributed by atoms with E-state index >= 15 is 0 Å². The first-order valence-electron chi connectivity index (χ1n) is 7.10. The summed E-state index contributed by atoms with van der Waals surface area (Å²) in [4.78, 5) is 25.0. The number of ketones is 1. The topological polar surface area (TPSA) is 55.4 Å². The molecule has 1 aromatic carbocycles. The van der Waals surface area contributed by atoms with Crippen LogP contribution >= 0.6 is 0 Å². The van der Waals surface area contributed by atoms with Crippen molar-refractivity contribution < 1.29 is 14.3 Å². The van der Waals surface area contributed by atoms with Crippen molar-refractivity contribution >= 4 is 11.7 Å². The third kappa shape index (κ3) is 2.04. The summed E-state index contributed by atoms with van der Waals surface area (Å²) in [5, 5.41) is 2.97. The van der Waals surface area contributed by atoms with Crippen LogP contribution in [-0.4, -0.2) is 30.4 Å². The van der Waals surface area contributed by atoms with Crippen molar-refractivity contribution in [2.24, 2.45) is 0 Å². The molecular weight excluding hydrogens is 254 g/mol. The van der Waals surface area contributed by atoms with Crippen molar-refractivity contribution in [2.75, 3.05) is 7.11 Å². The Hall–Kier alpha value is -1.68. The van der Waals surface area contributed by atoms with Gasteiger partial charge in [-0.3, -0.25) is 9.59 Å². The summed E-state index contributed by atoms with van der Waals surface area (Å²) in [6, 6.07) is 9.32. The number of nitrogens with one attached hydrogen (secondary N) is 1. The quantitative estimate of drug-likeness (QED) is 0.836. The summed E-state index contributed by atoms with van der Waals surface area (Å²) in [5.74, 6) is -0.768. The first-order valence-corrected chi connectivity index (χ1v) is 7.10. The zero-order valence-corrected chi connectivity index (χ0v) is 11.6. The number of hydrogen-bond donors (Lipinski definition) is 1. The van der Waals surface area contributed by atoms with Crippen LogP contribution in [-0.2, 0) is 14.3 Å². The maximum absolute atomic E-state index is 12.8. The average Bonchev–Trinajstić information content (AvgIpc) is 2.72. The van der Waals surface area contributed by atoms with Crippen LogP contribution < -0.4 is 5.32 Å². The van der Waals surface area contributed by atoms with Crippen LogP contribution in [0.3, 0.4) is 0 Å². The Morgan fingerprint density at radius 3 is 2.40 bits per heavy atom. The summed E-state index contributed by atoms with van der Waals surface area (Å²) in [7, 11) is 1.70. The molecule has 1 aliphatic heterocycles. The predicted octanol–water partition coefficient (Wildman–Crippen LogP) is 1.80. The molecule has 1 saturated heterocycles. The van der Waals surface area contributed by atoms with E-state index in [9.17, 15) is 9.59 Å². The number of carbonyl (C=O) groups excluding carboxylic acids is 2. The Bertz CT molecular complexity index is 518. The van der Waals surface area contributed by atoms with Crippen molar-refractivity contribution in [1.82, 2.24) is 5.32 Å². The highest BCUT2D eigenvalue weighted by Crippen LogP contribution is 2.39. The van der Waals surface area contributed by atoms with Crippen LogP contribution in [0.15, 0.2) is 30.3 Å². The number of carbonyl (C=O) groups is 2. The fourth-order valence-corrected chi connectivity index (χ4v) is 3.40. The van der Waals surface area contributed by atoms with Crippen molar-refractivity contribution in [2.45, 2.75) is 43.2 Å². The molecular formula is C16H19NO3. The Morgan fingerprint density at radius 1 is 1.15 bits per heavy atom. The fourth-order valence-electron chi connectivity index (χ4n) is 3.40. The molecule has 3 rings (SSSR count). The van der Waals surface area contributed by atoms with Gasteiger partial charge in [0.25, 0.3) is 0 Å². The van der Waals surface area contributed by atoms with E-state index in [4.69, 9.17) is 4.74 Å². The molecule has 4 heteroatoms. The summed E-state index contributed by atoms with van der Waals surface area (Å²) < 4.78 is 5.34. The average molecular weight is 273 g/mol. The normalized spacial score (nSPS) is 33.5. The van der Waals surface area contributed by atoms with Crippen molar-refractivity contribution in [1.29, 1.82) is 0 Å². The third-order valence-electron chi connectivity index (χ3n) is 4.61. The SMILES string of the molecule is COC1CCC2(CC1)NC(=O)C(c1ccccc1)C2=O. The third-order valence-corrected chi connectivity index (χ3v) is 4.61. The van der Waals surface area contributed by atoms with E-state index in [0.29, 0.717) is 12.8 Å². The maximum atomic E-state index is 12.8. The number of benzene rings is 1. The molecule has 1 saturated carbocycles. The van der Waals surface area contributed by atoms with Gasteiger partial charge >= 0.3 is 0 Å². The Morgan fingerprint density at radius 2 is 1.80 bits per heavy atom. The van der Waals surface area contributed by atoms with Crippen LogP contribution in [0.4, 0.5) is 0 Å². The molecule has 1 N–H and O–H groups in total. The predicted molar refractivity (Wildman–Crippen MR) is 74.3 cm³/mol. The summed E-state index contributed by atoms with van der Waals surface area (Å²) in [5.41, 5.74) is 0.132. The van der Waals surface area contributed by atoms with E-state index in [2.05, 4.69) is 5.32 Å². The van der Waals surface area contributed by atoms with Crippen molar-refractivity contribution in [3.8, 4) is 0 Å². The zero-order valence-electron chi connectivity index (χ0n) is 11.6. The van der Waals surface area contributed by atoms with Gasteiger partial charge in [0.05, 0.1) is 11.6 Å². The van der Waals surface area contributed by atoms with Gasteiger partial charge in [-0.25, -0.2) is 0 Å². The lowest BCUT2D eigenvalue weighted by molar-refractivity contribution is -0.126. The van der Waals surface area contributed by atoms with Crippen LogP contribution in [0.2, 0.25) is 0 Å². The molecule has 0 radical (unpaired) electrons. The summed E-state index contributed by atoms with van der Waals surface area (Å²) in [6.45, 7) is 0. The lowest BCUT2D eigenvalue weighted by Gasteiger charge is -2.35. The minimum atomic E-state index is -0.660. The maximum Gasteiger partial charge on any atom is 0.235 e. The number of Topliss-reactive ketones (excluding diaryl/α,β-unsaturated/α-hetero) is 1. The summed E-state index contributed by atoms with van der Waals surface area (Å²) in [6.07, 6.45) is 3.22. The summed E-state index contributed by atoms with van der Waals surface area (Å²) >= 11 is 0. The van der Waals surface area contributed by atoms with E-state index in [1.165, 1.54) is 0 Å². The van der Waals surface area contributed by atoms with Crippen LogP contribution in [0.5, 0.6) is 0 Å². The van der Waals surface area contributed by atoms with Gasteiger partial charge in [0.1, 0.15) is 5.92 Å². The van der Waals surface area contributed by atoms with E-state index in [1.807, 2.05) is 30.3 Å². The molecule has 1 aromatic rings. The molecule has 106 valence electrons.